The van der Waals surface area contributed by atoms with Crippen LogP contribution in [0.5, 0.6) is 11.5 Å². The number of methoxy groups -OCH3 is 1. The van der Waals surface area contributed by atoms with Gasteiger partial charge < -0.3 is 14.8 Å². The van der Waals surface area contributed by atoms with Crippen LogP contribution in [0.1, 0.15) is 10.5 Å². The van der Waals surface area contributed by atoms with Crippen molar-refractivity contribution < 1.29 is 31.8 Å². The number of aromatic nitrogens is 1. The summed E-state index contributed by atoms with van der Waals surface area (Å²) in [6.45, 7) is -1.57. The molecule has 1 aromatic heterocycles. The van der Waals surface area contributed by atoms with E-state index < -0.39 is 24.5 Å². The molecule has 0 aliphatic heterocycles. The molecule has 0 aliphatic rings. The maximum absolute atomic E-state index is 13.3. The molecule has 1 heterocycles. The summed E-state index contributed by atoms with van der Waals surface area (Å²) < 4.78 is 59.6. The Labute approximate surface area is 134 Å². The molecule has 5 nitrogen and oxygen atoms in total. The van der Waals surface area contributed by atoms with Gasteiger partial charge in [-0.1, -0.05) is 0 Å². The highest BCUT2D eigenvalue weighted by atomic mass is 19.4. The Morgan fingerprint density at radius 3 is 2.67 bits per heavy atom. The zero-order chi connectivity index (χ0) is 17.7. The number of rotatable bonds is 5. The molecule has 0 saturated carbocycles. The van der Waals surface area contributed by atoms with E-state index in [2.05, 4.69) is 15.0 Å². The van der Waals surface area contributed by atoms with Gasteiger partial charge in [-0.2, -0.15) is 13.2 Å². The molecule has 1 amide bonds. The van der Waals surface area contributed by atoms with Crippen molar-refractivity contribution >= 4 is 11.6 Å². The number of carbonyl (C=O) groups is 1. The van der Waals surface area contributed by atoms with Gasteiger partial charge in [-0.05, 0) is 24.3 Å². The van der Waals surface area contributed by atoms with Crippen LogP contribution in [0.2, 0.25) is 0 Å². The quantitative estimate of drug-likeness (QED) is 0.845. The first-order chi connectivity index (χ1) is 11.3. The number of carbonyl (C=O) groups excluding carboxylic acids is 1. The Balaban J connectivity index is 2.23. The van der Waals surface area contributed by atoms with Crippen molar-refractivity contribution in [2.45, 2.75) is 6.18 Å². The topological polar surface area (TPSA) is 60.5 Å². The summed E-state index contributed by atoms with van der Waals surface area (Å²) in [6, 6.07) is 5.94. The van der Waals surface area contributed by atoms with Crippen LogP contribution in [0.25, 0.3) is 0 Å². The van der Waals surface area contributed by atoms with E-state index in [9.17, 15) is 22.4 Å². The summed E-state index contributed by atoms with van der Waals surface area (Å²) >= 11 is 0. The molecule has 0 spiro atoms. The molecular formula is C15H12F4N2O3. The summed E-state index contributed by atoms with van der Waals surface area (Å²) in [5, 5.41) is 2.33. The summed E-state index contributed by atoms with van der Waals surface area (Å²) in [5.41, 5.74) is -0.358. The largest absolute Gasteiger partial charge is 0.495 e. The Morgan fingerprint density at radius 2 is 2.00 bits per heavy atom. The lowest BCUT2D eigenvalue weighted by Gasteiger charge is -2.13. The number of nitrogens with one attached hydrogen (secondary N) is 1. The van der Waals surface area contributed by atoms with Crippen LogP contribution < -0.4 is 14.8 Å². The molecule has 2 rings (SSSR count). The number of nitrogens with zero attached hydrogens (tertiary/aromatic N) is 1. The number of halogens is 4. The standard InChI is InChI=1S/C15H12F4N2O3/c1-23-11-5-4-9(16)7-10(11)21-14(22)13-12(3-2-6-20-13)24-8-15(17,18)19/h2-7H,8H2,1H3,(H,21,22). The maximum Gasteiger partial charge on any atom is 0.422 e. The van der Waals surface area contributed by atoms with Gasteiger partial charge in [-0.15, -0.1) is 0 Å². The highest BCUT2D eigenvalue weighted by Gasteiger charge is 2.29. The molecule has 0 fully saturated rings. The smallest absolute Gasteiger partial charge is 0.422 e. The van der Waals surface area contributed by atoms with Gasteiger partial charge in [-0.25, -0.2) is 9.37 Å². The van der Waals surface area contributed by atoms with Crippen LogP contribution in [-0.2, 0) is 0 Å². The summed E-state index contributed by atoms with van der Waals surface area (Å²) in [7, 11) is 1.32. The molecule has 24 heavy (non-hydrogen) atoms. The van der Waals surface area contributed by atoms with Crippen LogP contribution in [0.3, 0.4) is 0 Å². The molecule has 0 saturated heterocycles. The summed E-state index contributed by atoms with van der Waals surface area (Å²) in [5.74, 6) is -1.65. The van der Waals surface area contributed by atoms with Crippen LogP contribution in [0.15, 0.2) is 36.5 Å². The molecule has 2 aromatic rings. The van der Waals surface area contributed by atoms with E-state index in [0.717, 1.165) is 12.1 Å². The van der Waals surface area contributed by atoms with E-state index in [-0.39, 0.29) is 22.9 Å². The minimum atomic E-state index is -4.56. The average Bonchev–Trinajstić information content (AvgIpc) is 2.52. The van der Waals surface area contributed by atoms with Crippen molar-refractivity contribution in [2.75, 3.05) is 19.0 Å². The van der Waals surface area contributed by atoms with Gasteiger partial charge in [0.2, 0.25) is 0 Å². The third-order valence-corrected chi connectivity index (χ3v) is 2.79. The monoisotopic (exact) mass is 344 g/mol. The molecule has 1 N–H and O–H groups in total. The van der Waals surface area contributed by atoms with Gasteiger partial charge >= 0.3 is 6.18 Å². The van der Waals surface area contributed by atoms with E-state index in [1.807, 2.05) is 0 Å². The molecule has 128 valence electrons. The molecule has 1 aromatic carbocycles. The number of hydrogen-bond donors (Lipinski definition) is 1. The predicted octanol–water partition coefficient (Wildman–Crippen LogP) is 3.42. The van der Waals surface area contributed by atoms with Gasteiger partial charge in [0.05, 0.1) is 12.8 Å². The maximum atomic E-state index is 13.3. The number of alkyl halides is 3. The molecule has 9 heteroatoms. The molecule has 0 atom stereocenters. The summed E-state index contributed by atoms with van der Waals surface area (Å²) in [6.07, 6.45) is -3.34. The Bertz CT molecular complexity index is 735. The SMILES string of the molecule is COc1ccc(F)cc1NC(=O)c1ncccc1OCC(F)(F)F. The molecule has 0 bridgehead atoms. The van der Waals surface area contributed by atoms with Gasteiger partial charge in [0, 0.05) is 12.3 Å². The second-order valence-corrected chi connectivity index (χ2v) is 4.55. The van der Waals surface area contributed by atoms with Gasteiger partial charge in [0.25, 0.3) is 5.91 Å². The number of benzene rings is 1. The fourth-order valence-corrected chi connectivity index (χ4v) is 1.80. The first kappa shape index (κ1) is 17.5. The van der Waals surface area contributed by atoms with Crippen LogP contribution in [0.4, 0.5) is 23.2 Å². The van der Waals surface area contributed by atoms with E-state index >= 15 is 0 Å². The number of ether oxygens (including phenoxy) is 2. The zero-order valence-corrected chi connectivity index (χ0v) is 12.4. The third-order valence-electron chi connectivity index (χ3n) is 2.79. The van der Waals surface area contributed by atoms with Crippen molar-refractivity contribution in [1.29, 1.82) is 0 Å². The Hall–Kier alpha value is -2.84. The predicted molar refractivity (Wildman–Crippen MR) is 76.7 cm³/mol. The first-order valence-electron chi connectivity index (χ1n) is 6.59. The number of hydrogen-bond acceptors (Lipinski definition) is 4. The molecule has 0 radical (unpaired) electrons. The normalized spacial score (nSPS) is 11.0. The van der Waals surface area contributed by atoms with Gasteiger partial charge in [-0.3, -0.25) is 4.79 Å². The second-order valence-electron chi connectivity index (χ2n) is 4.55. The van der Waals surface area contributed by atoms with E-state index in [1.54, 1.807) is 0 Å². The molecule has 0 unspecified atom stereocenters. The molecule has 0 aliphatic carbocycles. The first-order valence-corrected chi connectivity index (χ1v) is 6.59. The van der Waals surface area contributed by atoms with Crippen molar-refractivity contribution in [3.05, 3.63) is 48.0 Å². The third kappa shape index (κ3) is 4.58. The molecular weight excluding hydrogens is 332 g/mol. The number of amides is 1. The van der Waals surface area contributed by atoms with Crippen molar-refractivity contribution in [3.63, 3.8) is 0 Å². The second kappa shape index (κ2) is 7.16. The minimum Gasteiger partial charge on any atom is -0.495 e. The fraction of sp³-hybridized carbons (Fsp3) is 0.200. The van der Waals surface area contributed by atoms with Gasteiger partial charge in [0.15, 0.2) is 18.1 Å². The zero-order valence-electron chi connectivity index (χ0n) is 12.4. The van der Waals surface area contributed by atoms with Crippen molar-refractivity contribution in [2.24, 2.45) is 0 Å². The van der Waals surface area contributed by atoms with Crippen molar-refractivity contribution in [1.82, 2.24) is 4.98 Å². The van der Waals surface area contributed by atoms with E-state index in [0.29, 0.717) is 0 Å². The highest BCUT2D eigenvalue weighted by Crippen LogP contribution is 2.27. The Kier molecular flexibility index (Phi) is 5.22. The fourth-order valence-electron chi connectivity index (χ4n) is 1.80. The lowest BCUT2D eigenvalue weighted by molar-refractivity contribution is -0.153. The van der Waals surface area contributed by atoms with E-state index in [4.69, 9.17) is 4.74 Å². The van der Waals surface area contributed by atoms with Crippen molar-refractivity contribution in [3.8, 4) is 11.5 Å². The average molecular weight is 344 g/mol. The summed E-state index contributed by atoms with van der Waals surface area (Å²) in [4.78, 5) is 15.9. The lowest BCUT2D eigenvalue weighted by atomic mass is 10.2. The Morgan fingerprint density at radius 1 is 1.25 bits per heavy atom. The number of anilines is 1. The highest BCUT2D eigenvalue weighted by molar-refractivity contribution is 6.05. The van der Waals surface area contributed by atoms with Gasteiger partial charge in [0.1, 0.15) is 11.6 Å². The minimum absolute atomic E-state index is 0.00919. The lowest BCUT2D eigenvalue weighted by Crippen LogP contribution is -2.22. The van der Waals surface area contributed by atoms with Crippen LogP contribution >= 0.6 is 0 Å². The van der Waals surface area contributed by atoms with Crippen LogP contribution in [-0.4, -0.2) is 30.8 Å². The van der Waals surface area contributed by atoms with Crippen LogP contribution in [0, 0.1) is 5.82 Å². The van der Waals surface area contributed by atoms with E-state index in [1.165, 1.54) is 31.5 Å². The number of pyridine rings is 1.